The van der Waals surface area contributed by atoms with Crippen LogP contribution in [0.5, 0.6) is 0 Å². The van der Waals surface area contributed by atoms with E-state index in [1.54, 1.807) is 7.05 Å². The number of sulfonamides is 2. The van der Waals surface area contributed by atoms with Gasteiger partial charge in [-0.2, -0.15) is 4.31 Å². The maximum Gasteiger partial charge on any atom is 0.243 e. The maximum atomic E-state index is 12.9. The fourth-order valence-electron chi connectivity index (χ4n) is 2.99. The van der Waals surface area contributed by atoms with E-state index in [0.717, 1.165) is 42.8 Å². The lowest BCUT2D eigenvalue weighted by atomic mass is 10.1. The molecule has 0 radical (unpaired) electrons. The third-order valence-electron chi connectivity index (χ3n) is 4.60. The third-order valence-corrected chi connectivity index (χ3v) is 8.32. The Morgan fingerprint density at radius 3 is 1.83 bits per heavy atom. The molecule has 1 aliphatic rings. The molecule has 0 amide bonds. The molecule has 1 saturated carbocycles. The normalized spacial score (nSPS) is 18.0. The summed E-state index contributed by atoms with van der Waals surface area (Å²) in [6.45, 7) is 0. The number of nitrogens with zero attached hydrogens (tertiary/aromatic N) is 2. The van der Waals surface area contributed by atoms with Crippen LogP contribution in [-0.4, -0.2) is 52.6 Å². The summed E-state index contributed by atoms with van der Waals surface area (Å²) in [5.41, 5.74) is 0. The van der Waals surface area contributed by atoms with Crippen LogP contribution in [0.2, 0.25) is 0 Å². The predicted octanol–water partition coefficient (Wildman–Crippen LogP) is 2.28. The van der Waals surface area contributed by atoms with Crippen LogP contribution < -0.4 is 0 Å². The molecule has 2 rings (SSSR count). The molecule has 0 aromatic heterocycles. The van der Waals surface area contributed by atoms with Gasteiger partial charge in [-0.3, -0.25) is 0 Å². The molecule has 1 aliphatic carbocycles. The van der Waals surface area contributed by atoms with E-state index in [9.17, 15) is 16.8 Å². The van der Waals surface area contributed by atoms with Crippen LogP contribution in [-0.2, 0) is 20.0 Å². The van der Waals surface area contributed by atoms with Crippen LogP contribution in [0.3, 0.4) is 0 Å². The van der Waals surface area contributed by atoms with Gasteiger partial charge in [0.15, 0.2) is 0 Å². The van der Waals surface area contributed by atoms with Crippen LogP contribution in [0, 0.1) is 0 Å². The first-order valence-corrected chi connectivity index (χ1v) is 11.1. The lowest BCUT2D eigenvalue weighted by molar-refractivity contribution is 0.335. The van der Waals surface area contributed by atoms with Crippen LogP contribution in [0.1, 0.15) is 38.5 Å². The first-order chi connectivity index (χ1) is 11.2. The molecule has 1 aromatic carbocycles. The minimum Gasteiger partial charge on any atom is -0.207 e. The van der Waals surface area contributed by atoms with Crippen molar-refractivity contribution >= 4 is 20.0 Å². The molecule has 24 heavy (non-hydrogen) atoms. The number of rotatable bonds is 5. The van der Waals surface area contributed by atoms with Crippen molar-refractivity contribution in [3.8, 4) is 0 Å². The molecule has 0 saturated heterocycles. The van der Waals surface area contributed by atoms with Crippen molar-refractivity contribution in [1.82, 2.24) is 8.61 Å². The first kappa shape index (κ1) is 19.4. The fraction of sp³-hybridized carbons (Fsp3) is 0.625. The van der Waals surface area contributed by atoms with E-state index in [4.69, 9.17) is 0 Å². The highest BCUT2D eigenvalue weighted by Crippen LogP contribution is 2.27. The van der Waals surface area contributed by atoms with Gasteiger partial charge in [-0.15, -0.1) is 0 Å². The Morgan fingerprint density at radius 1 is 0.833 bits per heavy atom. The monoisotopic (exact) mass is 374 g/mol. The van der Waals surface area contributed by atoms with E-state index in [0.29, 0.717) is 0 Å². The van der Waals surface area contributed by atoms with Crippen LogP contribution in [0.15, 0.2) is 34.1 Å². The standard InChI is InChI=1S/C16H26N2O4S2/c1-17(2)23(19,20)15-11-8-12-16(13-15)24(21,22)18(3)14-9-6-4-5-7-10-14/h8,11-14H,4-7,9-10H2,1-3H3. The molecule has 6 nitrogen and oxygen atoms in total. The van der Waals surface area contributed by atoms with Crippen molar-refractivity contribution in [2.45, 2.75) is 54.4 Å². The van der Waals surface area contributed by atoms with E-state index in [2.05, 4.69) is 0 Å². The molecule has 0 heterocycles. The first-order valence-electron chi connectivity index (χ1n) is 8.18. The van der Waals surface area contributed by atoms with Crippen molar-refractivity contribution in [2.75, 3.05) is 21.1 Å². The largest absolute Gasteiger partial charge is 0.243 e. The summed E-state index contributed by atoms with van der Waals surface area (Å²) in [5.74, 6) is 0. The quantitative estimate of drug-likeness (QED) is 0.741. The Hall–Kier alpha value is -0.960. The van der Waals surface area contributed by atoms with Crippen molar-refractivity contribution in [3.63, 3.8) is 0 Å². The summed E-state index contributed by atoms with van der Waals surface area (Å²) >= 11 is 0. The molecule has 0 atom stereocenters. The Kier molecular flexibility index (Phi) is 6.06. The second kappa shape index (κ2) is 7.51. The van der Waals surface area contributed by atoms with Crippen LogP contribution >= 0.6 is 0 Å². The molecular weight excluding hydrogens is 348 g/mol. The molecule has 136 valence electrons. The summed E-state index contributed by atoms with van der Waals surface area (Å²) in [6, 6.07) is 5.57. The number of benzene rings is 1. The smallest absolute Gasteiger partial charge is 0.207 e. The molecule has 0 spiro atoms. The highest BCUT2D eigenvalue weighted by molar-refractivity contribution is 7.90. The zero-order valence-corrected chi connectivity index (χ0v) is 16.1. The van der Waals surface area contributed by atoms with Crippen molar-refractivity contribution in [1.29, 1.82) is 0 Å². The molecule has 0 aliphatic heterocycles. The lowest BCUT2D eigenvalue weighted by Crippen LogP contribution is -2.36. The summed E-state index contributed by atoms with van der Waals surface area (Å²) < 4.78 is 52.8. The van der Waals surface area contributed by atoms with Crippen LogP contribution in [0.25, 0.3) is 0 Å². The second-order valence-electron chi connectivity index (χ2n) is 6.43. The van der Waals surface area contributed by atoms with Gasteiger partial charge in [0.2, 0.25) is 20.0 Å². The Morgan fingerprint density at radius 2 is 1.33 bits per heavy atom. The zero-order valence-electron chi connectivity index (χ0n) is 14.5. The molecule has 1 fully saturated rings. The fourth-order valence-corrected chi connectivity index (χ4v) is 5.47. The second-order valence-corrected chi connectivity index (χ2v) is 10.6. The van der Waals surface area contributed by atoms with Gasteiger partial charge in [0.25, 0.3) is 0 Å². The van der Waals surface area contributed by atoms with Gasteiger partial charge < -0.3 is 0 Å². The molecular formula is C16H26N2O4S2. The van der Waals surface area contributed by atoms with Crippen molar-refractivity contribution in [3.05, 3.63) is 24.3 Å². The number of hydrogen-bond acceptors (Lipinski definition) is 4. The Balaban J connectivity index is 2.35. The van der Waals surface area contributed by atoms with E-state index in [1.807, 2.05) is 0 Å². The van der Waals surface area contributed by atoms with Gasteiger partial charge in [-0.25, -0.2) is 21.1 Å². The highest BCUT2D eigenvalue weighted by Gasteiger charge is 2.29. The molecule has 0 bridgehead atoms. The molecule has 0 unspecified atom stereocenters. The van der Waals surface area contributed by atoms with Gasteiger partial charge >= 0.3 is 0 Å². The predicted molar refractivity (Wildman–Crippen MR) is 93.8 cm³/mol. The average molecular weight is 375 g/mol. The highest BCUT2D eigenvalue weighted by atomic mass is 32.2. The van der Waals surface area contributed by atoms with Crippen molar-refractivity contribution < 1.29 is 16.8 Å². The molecule has 1 aromatic rings. The topological polar surface area (TPSA) is 74.8 Å². The molecule has 0 N–H and O–H groups in total. The van der Waals surface area contributed by atoms with Gasteiger partial charge in [-0.05, 0) is 31.0 Å². The van der Waals surface area contributed by atoms with E-state index in [1.165, 1.54) is 42.7 Å². The van der Waals surface area contributed by atoms with E-state index in [-0.39, 0.29) is 15.8 Å². The summed E-state index contributed by atoms with van der Waals surface area (Å²) in [4.78, 5) is 0.0139. The lowest BCUT2D eigenvalue weighted by Gasteiger charge is -2.26. The SMILES string of the molecule is CN(C)S(=O)(=O)c1cccc(S(=O)(=O)N(C)C2CCCCCC2)c1. The molecule has 8 heteroatoms. The average Bonchev–Trinajstić information content (AvgIpc) is 2.83. The summed E-state index contributed by atoms with van der Waals surface area (Å²) in [6.07, 6.45) is 6.04. The van der Waals surface area contributed by atoms with Gasteiger partial charge in [-0.1, -0.05) is 31.7 Å². The van der Waals surface area contributed by atoms with E-state index < -0.39 is 20.0 Å². The summed E-state index contributed by atoms with van der Waals surface area (Å²) in [5, 5.41) is 0. The minimum atomic E-state index is -3.71. The zero-order chi connectivity index (χ0) is 18.0. The van der Waals surface area contributed by atoms with Crippen LogP contribution in [0.4, 0.5) is 0 Å². The maximum absolute atomic E-state index is 12.9. The Bertz CT molecular complexity index is 765. The third kappa shape index (κ3) is 3.99. The van der Waals surface area contributed by atoms with Crippen molar-refractivity contribution in [2.24, 2.45) is 0 Å². The van der Waals surface area contributed by atoms with Gasteiger partial charge in [0, 0.05) is 27.2 Å². The van der Waals surface area contributed by atoms with Gasteiger partial charge in [0.05, 0.1) is 9.79 Å². The van der Waals surface area contributed by atoms with Gasteiger partial charge in [0.1, 0.15) is 0 Å². The summed E-state index contributed by atoms with van der Waals surface area (Å²) in [7, 11) is -2.93. The Labute approximate surface area is 145 Å². The van der Waals surface area contributed by atoms with E-state index >= 15 is 0 Å². The number of hydrogen-bond donors (Lipinski definition) is 0. The minimum absolute atomic E-state index is 0.0113.